The summed E-state index contributed by atoms with van der Waals surface area (Å²) in [6, 6.07) is 8.53. The van der Waals surface area contributed by atoms with Crippen LogP contribution in [0.25, 0.3) is 0 Å². The summed E-state index contributed by atoms with van der Waals surface area (Å²) in [5, 5.41) is 0. The zero-order valence-corrected chi connectivity index (χ0v) is 16.5. The van der Waals surface area contributed by atoms with Crippen molar-refractivity contribution in [1.82, 2.24) is 0 Å². The molecule has 6 heteroatoms. The van der Waals surface area contributed by atoms with Crippen LogP contribution in [0.2, 0.25) is 0 Å². The lowest BCUT2D eigenvalue weighted by Gasteiger charge is -2.31. The fourth-order valence-corrected chi connectivity index (χ4v) is 3.81. The van der Waals surface area contributed by atoms with E-state index in [1.807, 2.05) is 0 Å². The van der Waals surface area contributed by atoms with Crippen molar-refractivity contribution in [3.8, 4) is 0 Å². The van der Waals surface area contributed by atoms with Crippen LogP contribution in [-0.2, 0) is 23.9 Å². The molecule has 28 heavy (non-hydrogen) atoms. The molecule has 0 aromatic heterocycles. The molecular formula is C22H28O6. The molecule has 1 fully saturated rings. The van der Waals surface area contributed by atoms with Gasteiger partial charge in [0.1, 0.15) is 5.78 Å². The van der Waals surface area contributed by atoms with Gasteiger partial charge in [0.25, 0.3) is 0 Å². The van der Waals surface area contributed by atoms with Crippen LogP contribution in [0.15, 0.2) is 30.3 Å². The highest BCUT2D eigenvalue weighted by Crippen LogP contribution is 2.35. The molecule has 2 unspecified atom stereocenters. The molecule has 152 valence electrons. The number of carbonyl (C=O) groups is 4. The van der Waals surface area contributed by atoms with Gasteiger partial charge in [-0.25, -0.2) is 0 Å². The number of rotatable bonds is 7. The molecule has 1 aromatic carbocycles. The lowest BCUT2D eigenvalue weighted by atomic mass is 9.71. The highest BCUT2D eigenvalue weighted by molar-refractivity contribution is 6.12. The van der Waals surface area contributed by atoms with Crippen LogP contribution in [0.1, 0.15) is 56.3 Å². The van der Waals surface area contributed by atoms with E-state index in [1.54, 1.807) is 44.2 Å². The number of Topliss-reactive ketones (excluding diaryl/α,β-unsaturated/α-hetero) is 2. The Labute approximate surface area is 165 Å². The molecule has 0 heterocycles. The summed E-state index contributed by atoms with van der Waals surface area (Å²) in [7, 11) is 0. The summed E-state index contributed by atoms with van der Waals surface area (Å²) in [6.45, 7) is 3.51. The maximum Gasteiger partial charge on any atom is 0.320 e. The second kappa shape index (κ2) is 10.7. The van der Waals surface area contributed by atoms with Crippen LogP contribution in [0.3, 0.4) is 0 Å². The lowest BCUT2D eigenvalue weighted by molar-refractivity contribution is -0.165. The van der Waals surface area contributed by atoms with Gasteiger partial charge in [0.15, 0.2) is 11.7 Å². The zero-order valence-electron chi connectivity index (χ0n) is 16.5. The first-order chi connectivity index (χ1) is 13.5. The van der Waals surface area contributed by atoms with E-state index in [9.17, 15) is 19.2 Å². The third-order valence-electron chi connectivity index (χ3n) is 5.09. The third-order valence-corrected chi connectivity index (χ3v) is 5.09. The quantitative estimate of drug-likeness (QED) is 0.404. The smallest absolute Gasteiger partial charge is 0.320 e. The second-order valence-electron chi connectivity index (χ2n) is 6.92. The monoisotopic (exact) mass is 388 g/mol. The van der Waals surface area contributed by atoms with Gasteiger partial charge >= 0.3 is 11.9 Å². The Morgan fingerprint density at radius 3 is 2.14 bits per heavy atom. The first kappa shape index (κ1) is 21.8. The molecular weight excluding hydrogens is 360 g/mol. The molecule has 0 N–H and O–H groups in total. The Morgan fingerprint density at radius 1 is 0.964 bits per heavy atom. The summed E-state index contributed by atoms with van der Waals surface area (Å²) >= 11 is 0. The van der Waals surface area contributed by atoms with E-state index in [0.717, 1.165) is 12.8 Å². The van der Waals surface area contributed by atoms with Crippen LogP contribution in [-0.4, -0.2) is 36.7 Å². The van der Waals surface area contributed by atoms with Gasteiger partial charge in [0.2, 0.25) is 0 Å². The van der Waals surface area contributed by atoms with Gasteiger partial charge in [-0.15, -0.1) is 0 Å². The van der Waals surface area contributed by atoms with Crippen molar-refractivity contribution in [2.24, 2.45) is 17.8 Å². The molecule has 1 saturated carbocycles. The first-order valence-electron chi connectivity index (χ1n) is 9.96. The Hall–Kier alpha value is -2.50. The SMILES string of the molecule is CCOC(=O)C(C(=O)OCC)C1CCCCCC(=O)C1C(=O)c1ccccc1. The van der Waals surface area contributed by atoms with Crippen molar-refractivity contribution in [3.63, 3.8) is 0 Å². The minimum absolute atomic E-state index is 0.104. The number of ether oxygens (including phenoxy) is 2. The number of ketones is 2. The second-order valence-corrected chi connectivity index (χ2v) is 6.92. The number of hydrogen-bond acceptors (Lipinski definition) is 6. The van der Waals surface area contributed by atoms with E-state index in [0.29, 0.717) is 18.4 Å². The molecule has 2 atom stereocenters. The molecule has 0 amide bonds. The molecule has 0 spiro atoms. The van der Waals surface area contributed by atoms with Crippen molar-refractivity contribution >= 4 is 23.5 Å². The van der Waals surface area contributed by atoms with Crippen LogP contribution < -0.4 is 0 Å². The largest absolute Gasteiger partial charge is 0.465 e. The van der Waals surface area contributed by atoms with Crippen LogP contribution in [0.4, 0.5) is 0 Å². The summed E-state index contributed by atoms with van der Waals surface area (Å²) in [5.41, 5.74) is 0.401. The van der Waals surface area contributed by atoms with Gasteiger partial charge in [-0.1, -0.05) is 43.2 Å². The van der Waals surface area contributed by atoms with Crippen LogP contribution in [0.5, 0.6) is 0 Å². The molecule has 0 bridgehead atoms. The average Bonchev–Trinajstić information content (AvgIpc) is 2.67. The fraction of sp³-hybridized carbons (Fsp3) is 0.545. The molecule has 1 aliphatic carbocycles. The lowest BCUT2D eigenvalue weighted by Crippen LogP contribution is -2.43. The Kier molecular flexibility index (Phi) is 8.36. The van der Waals surface area contributed by atoms with Gasteiger partial charge < -0.3 is 9.47 Å². The van der Waals surface area contributed by atoms with Gasteiger partial charge in [-0.3, -0.25) is 19.2 Å². The predicted molar refractivity (Wildman–Crippen MR) is 103 cm³/mol. The van der Waals surface area contributed by atoms with Crippen molar-refractivity contribution in [3.05, 3.63) is 35.9 Å². The zero-order chi connectivity index (χ0) is 20.5. The number of esters is 2. The molecule has 0 radical (unpaired) electrons. The Balaban J connectivity index is 2.47. The van der Waals surface area contributed by atoms with E-state index < -0.39 is 29.7 Å². The summed E-state index contributed by atoms with van der Waals surface area (Å²) in [4.78, 5) is 51.4. The molecule has 6 nitrogen and oxygen atoms in total. The normalized spacial score (nSPS) is 20.2. The van der Waals surface area contributed by atoms with E-state index in [-0.39, 0.29) is 31.2 Å². The number of hydrogen-bond donors (Lipinski definition) is 0. The fourth-order valence-electron chi connectivity index (χ4n) is 3.81. The topological polar surface area (TPSA) is 86.7 Å². The van der Waals surface area contributed by atoms with Gasteiger partial charge in [-0.05, 0) is 32.6 Å². The van der Waals surface area contributed by atoms with Crippen molar-refractivity contribution in [2.45, 2.75) is 46.0 Å². The summed E-state index contributed by atoms with van der Waals surface area (Å²) in [5.74, 6) is -5.14. The average molecular weight is 388 g/mol. The van der Waals surface area contributed by atoms with Crippen molar-refractivity contribution in [1.29, 1.82) is 0 Å². The van der Waals surface area contributed by atoms with E-state index in [1.165, 1.54) is 0 Å². The Bertz CT molecular complexity index is 678. The highest BCUT2D eigenvalue weighted by Gasteiger charge is 2.46. The van der Waals surface area contributed by atoms with Crippen LogP contribution in [0, 0.1) is 17.8 Å². The van der Waals surface area contributed by atoms with Gasteiger partial charge in [-0.2, -0.15) is 0 Å². The standard InChI is InChI=1S/C22H28O6/c1-3-27-21(25)19(22(26)28-4-2)16-13-9-6-10-14-17(23)18(16)20(24)15-11-7-5-8-12-15/h5,7-8,11-12,16,18-19H,3-4,6,9-10,13-14H2,1-2H3. The van der Waals surface area contributed by atoms with Crippen molar-refractivity contribution < 1.29 is 28.7 Å². The molecule has 0 saturated heterocycles. The number of carbonyl (C=O) groups excluding carboxylic acids is 4. The van der Waals surface area contributed by atoms with Gasteiger partial charge in [0, 0.05) is 12.0 Å². The van der Waals surface area contributed by atoms with E-state index in [2.05, 4.69) is 0 Å². The van der Waals surface area contributed by atoms with Gasteiger partial charge in [0.05, 0.1) is 19.1 Å². The molecule has 1 aromatic rings. The number of benzene rings is 1. The predicted octanol–water partition coefficient (Wildman–Crippen LogP) is 3.38. The van der Waals surface area contributed by atoms with E-state index in [4.69, 9.17) is 9.47 Å². The summed E-state index contributed by atoms with van der Waals surface area (Å²) < 4.78 is 10.2. The summed E-state index contributed by atoms with van der Waals surface area (Å²) in [6.07, 6.45) is 2.92. The molecule has 1 aliphatic rings. The van der Waals surface area contributed by atoms with Crippen molar-refractivity contribution in [2.75, 3.05) is 13.2 Å². The maximum atomic E-state index is 13.2. The van der Waals surface area contributed by atoms with Crippen LogP contribution >= 0.6 is 0 Å². The minimum Gasteiger partial charge on any atom is -0.465 e. The highest BCUT2D eigenvalue weighted by atomic mass is 16.6. The Morgan fingerprint density at radius 2 is 1.57 bits per heavy atom. The maximum absolute atomic E-state index is 13.2. The van der Waals surface area contributed by atoms with E-state index >= 15 is 0 Å². The first-order valence-corrected chi connectivity index (χ1v) is 9.96. The molecule has 0 aliphatic heterocycles. The third kappa shape index (κ3) is 5.27. The molecule has 2 rings (SSSR count). The minimum atomic E-state index is -1.28.